The Hall–Kier alpha value is -4.13. The van der Waals surface area contributed by atoms with Gasteiger partial charge in [0.25, 0.3) is 5.91 Å². The fourth-order valence-electron chi connectivity index (χ4n) is 2.88. The minimum atomic E-state index is -0.471. The average Bonchev–Trinajstić information content (AvgIpc) is 2.80. The molecule has 0 saturated carbocycles. The number of carbonyl (C=O) groups is 2. The number of benzene rings is 3. The summed E-state index contributed by atoms with van der Waals surface area (Å²) in [5.74, 6) is 0.446. The van der Waals surface area contributed by atoms with Gasteiger partial charge in [0.2, 0.25) is 0 Å². The number of hydrogen-bond donors (Lipinski definition) is 1. The minimum absolute atomic E-state index is 0.302. The third kappa shape index (κ3) is 5.95. The molecule has 0 aliphatic heterocycles. The number of hydrazone groups is 1. The van der Waals surface area contributed by atoms with Crippen molar-refractivity contribution in [3.63, 3.8) is 0 Å². The molecule has 3 aromatic rings. The lowest BCUT2D eigenvalue weighted by Gasteiger charge is -2.11. The predicted molar refractivity (Wildman–Crippen MR) is 122 cm³/mol. The molecule has 0 radical (unpaired) electrons. The zero-order valence-corrected chi connectivity index (χ0v) is 18.1. The molecule has 32 heavy (non-hydrogen) atoms. The van der Waals surface area contributed by atoms with Crippen molar-refractivity contribution in [1.29, 1.82) is 0 Å². The second-order valence-electron chi connectivity index (χ2n) is 6.83. The van der Waals surface area contributed by atoms with Crippen molar-refractivity contribution in [2.45, 2.75) is 13.8 Å². The van der Waals surface area contributed by atoms with E-state index in [9.17, 15) is 9.59 Å². The van der Waals surface area contributed by atoms with Crippen molar-refractivity contribution < 1.29 is 23.8 Å². The van der Waals surface area contributed by atoms with Crippen LogP contribution in [0.2, 0.25) is 0 Å². The number of ether oxygens (including phenoxy) is 3. The molecule has 0 aliphatic carbocycles. The smallest absolute Gasteiger partial charge is 0.343 e. The number of rotatable bonds is 8. The molecule has 0 atom stereocenters. The molecular weight excluding hydrogens is 408 g/mol. The molecule has 0 fully saturated rings. The predicted octanol–water partition coefficient (Wildman–Crippen LogP) is 4.39. The molecule has 0 aliphatic rings. The van der Waals surface area contributed by atoms with E-state index >= 15 is 0 Å². The molecule has 0 saturated heterocycles. The van der Waals surface area contributed by atoms with Crippen LogP contribution >= 0.6 is 0 Å². The second-order valence-corrected chi connectivity index (χ2v) is 6.83. The first-order chi connectivity index (χ1) is 15.5. The topological polar surface area (TPSA) is 86.2 Å². The van der Waals surface area contributed by atoms with Crippen molar-refractivity contribution in [3.05, 3.63) is 89.0 Å². The molecule has 0 spiro atoms. The number of amides is 1. The van der Waals surface area contributed by atoms with E-state index in [4.69, 9.17) is 14.2 Å². The van der Waals surface area contributed by atoms with Crippen molar-refractivity contribution in [3.8, 4) is 17.2 Å². The summed E-state index contributed by atoms with van der Waals surface area (Å²) >= 11 is 0. The fraction of sp³-hybridized carbons (Fsp3) is 0.160. The highest BCUT2D eigenvalue weighted by atomic mass is 16.6. The van der Waals surface area contributed by atoms with Gasteiger partial charge in [0.15, 0.2) is 11.5 Å². The third-order valence-corrected chi connectivity index (χ3v) is 4.44. The number of methoxy groups -OCH3 is 1. The summed E-state index contributed by atoms with van der Waals surface area (Å²) in [7, 11) is 1.53. The Balaban J connectivity index is 1.70. The van der Waals surface area contributed by atoms with E-state index in [1.165, 1.54) is 13.3 Å². The summed E-state index contributed by atoms with van der Waals surface area (Å²) in [4.78, 5) is 24.7. The van der Waals surface area contributed by atoms with Gasteiger partial charge in [0, 0.05) is 5.56 Å². The van der Waals surface area contributed by atoms with Gasteiger partial charge >= 0.3 is 5.97 Å². The molecule has 3 aromatic carbocycles. The molecule has 1 amide bonds. The molecule has 7 heteroatoms. The maximum absolute atomic E-state index is 12.5. The van der Waals surface area contributed by atoms with Gasteiger partial charge < -0.3 is 14.2 Å². The first-order valence-corrected chi connectivity index (χ1v) is 10.0. The number of hydrogen-bond acceptors (Lipinski definition) is 6. The Bertz CT molecular complexity index is 1140. The molecule has 0 aromatic heterocycles. The van der Waals surface area contributed by atoms with Crippen molar-refractivity contribution in [2.24, 2.45) is 5.10 Å². The molecular formula is C25H24N2O5. The monoisotopic (exact) mass is 432 g/mol. The van der Waals surface area contributed by atoms with Gasteiger partial charge in [-0.2, -0.15) is 5.10 Å². The van der Waals surface area contributed by atoms with E-state index in [1.54, 1.807) is 60.7 Å². The maximum Gasteiger partial charge on any atom is 0.343 e. The second kappa shape index (κ2) is 10.8. The molecule has 3 rings (SSSR count). The summed E-state index contributed by atoms with van der Waals surface area (Å²) in [6.45, 7) is 4.13. The van der Waals surface area contributed by atoms with E-state index in [-0.39, 0.29) is 5.91 Å². The van der Waals surface area contributed by atoms with Crippen LogP contribution in [0.3, 0.4) is 0 Å². The maximum atomic E-state index is 12.5. The Kier molecular flexibility index (Phi) is 7.59. The van der Waals surface area contributed by atoms with Gasteiger partial charge in [0.1, 0.15) is 5.75 Å². The van der Waals surface area contributed by atoms with Crippen LogP contribution in [0, 0.1) is 6.92 Å². The summed E-state index contributed by atoms with van der Waals surface area (Å²) in [5, 5.41) is 3.99. The van der Waals surface area contributed by atoms with Crippen molar-refractivity contribution >= 4 is 18.1 Å². The molecule has 0 heterocycles. The van der Waals surface area contributed by atoms with Gasteiger partial charge in [-0.25, -0.2) is 10.2 Å². The first-order valence-electron chi connectivity index (χ1n) is 10.0. The quantitative estimate of drug-likeness (QED) is 0.247. The summed E-state index contributed by atoms with van der Waals surface area (Å²) in [5.41, 5.74) is 4.98. The van der Waals surface area contributed by atoms with E-state index in [1.807, 2.05) is 19.9 Å². The highest BCUT2D eigenvalue weighted by molar-refractivity contribution is 5.95. The third-order valence-electron chi connectivity index (χ3n) is 4.44. The Morgan fingerprint density at radius 1 is 0.969 bits per heavy atom. The Morgan fingerprint density at radius 2 is 1.75 bits per heavy atom. The van der Waals surface area contributed by atoms with Gasteiger partial charge in [-0.05, 0) is 67.9 Å². The van der Waals surface area contributed by atoms with E-state index < -0.39 is 5.97 Å². The van der Waals surface area contributed by atoms with E-state index in [0.29, 0.717) is 40.5 Å². The number of nitrogens with zero attached hydrogens (tertiary/aromatic N) is 1. The first kappa shape index (κ1) is 22.6. The number of esters is 1. The number of nitrogens with one attached hydrogen (secondary N) is 1. The van der Waals surface area contributed by atoms with Crippen molar-refractivity contribution in [1.82, 2.24) is 5.43 Å². The van der Waals surface area contributed by atoms with Crippen molar-refractivity contribution in [2.75, 3.05) is 13.7 Å². The van der Waals surface area contributed by atoms with Crippen LogP contribution in [0.25, 0.3) is 0 Å². The Labute approximate surface area is 186 Å². The van der Waals surface area contributed by atoms with Gasteiger partial charge in [-0.3, -0.25) is 4.79 Å². The van der Waals surface area contributed by atoms with Crippen LogP contribution in [0.5, 0.6) is 17.2 Å². The van der Waals surface area contributed by atoms with Crippen LogP contribution < -0.4 is 19.6 Å². The minimum Gasteiger partial charge on any atom is -0.497 e. The summed E-state index contributed by atoms with van der Waals surface area (Å²) in [6, 6.07) is 18.9. The highest BCUT2D eigenvalue weighted by Gasteiger charge is 2.13. The van der Waals surface area contributed by atoms with Gasteiger partial charge in [0.05, 0.1) is 25.5 Å². The summed E-state index contributed by atoms with van der Waals surface area (Å²) < 4.78 is 16.3. The highest BCUT2D eigenvalue weighted by Crippen LogP contribution is 2.29. The van der Waals surface area contributed by atoms with E-state index in [2.05, 4.69) is 10.5 Å². The zero-order chi connectivity index (χ0) is 22.9. The van der Waals surface area contributed by atoms with Gasteiger partial charge in [-0.1, -0.05) is 23.8 Å². The number of aryl methyl sites for hydroxylation is 1. The summed E-state index contributed by atoms with van der Waals surface area (Å²) in [6.07, 6.45) is 1.48. The molecule has 0 unspecified atom stereocenters. The number of carbonyl (C=O) groups excluding carboxylic acids is 2. The largest absolute Gasteiger partial charge is 0.497 e. The SMILES string of the molecule is CCOc1cc(/C=N/NC(=O)c2cccc(OC)c2)ccc1OC(=O)c1cccc(C)c1. The lowest BCUT2D eigenvalue weighted by Crippen LogP contribution is -2.17. The molecule has 1 N–H and O–H groups in total. The fourth-order valence-corrected chi connectivity index (χ4v) is 2.88. The lowest BCUT2D eigenvalue weighted by molar-refractivity contribution is 0.0728. The van der Waals surface area contributed by atoms with Crippen LogP contribution in [-0.2, 0) is 0 Å². The van der Waals surface area contributed by atoms with Crippen LogP contribution in [0.4, 0.5) is 0 Å². The van der Waals surface area contributed by atoms with E-state index in [0.717, 1.165) is 5.56 Å². The standard InChI is InChI=1S/C25H24N2O5/c1-4-31-23-14-18(16-26-27-24(28)19-8-6-10-21(15-19)30-3)11-12-22(23)32-25(29)20-9-5-7-17(2)13-20/h5-16H,4H2,1-3H3,(H,27,28)/b26-16+. The molecule has 7 nitrogen and oxygen atoms in total. The van der Waals surface area contributed by atoms with Crippen LogP contribution in [0.1, 0.15) is 38.8 Å². The zero-order valence-electron chi connectivity index (χ0n) is 18.1. The molecule has 164 valence electrons. The lowest BCUT2D eigenvalue weighted by atomic mass is 10.1. The van der Waals surface area contributed by atoms with Crippen LogP contribution in [-0.4, -0.2) is 31.8 Å². The Morgan fingerprint density at radius 3 is 2.50 bits per heavy atom. The average molecular weight is 432 g/mol. The van der Waals surface area contributed by atoms with Gasteiger partial charge in [-0.15, -0.1) is 0 Å². The molecule has 0 bridgehead atoms. The normalized spacial score (nSPS) is 10.6. The van der Waals surface area contributed by atoms with Crippen LogP contribution in [0.15, 0.2) is 71.8 Å².